The number of amides is 1. The molecular formula is C14H21N3O4. The molecule has 0 aliphatic rings. The number of hydrogen-bond acceptors (Lipinski definition) is 5. The van der Waals surface area contributed by atoms with E-state index < -0.39 is 4.92 Å². The standard InChI is InChI=1S/C14H21N3O4/c1-3-8-21-9-4-7-16-14(18)12-10-11(17(19)20)5-6-13(12)15-2/h5-6,10,15H,3-4,7-9H2,1-2H3,(H,16,18). The van der Waals surface area contributed by atoms with E-state index in [4.69, 9.17) is 4.74 Å². The average Bonchev–Trinajstić information content (AvgIpc) is 2.49. The second kappa shape index (κ2) is 8.91. The predicted molar refractivity (Wildman–Crippen MR) is 80.7 cm³/mol. The van der Waals surface area contributed by atoms with E-state index in [2.05, 4.69) is 10.6 Å². The van der Waals surface area contributed by atoms with Gasteiger partial charge in [-0.1, -0.05) is 6.92 Å². The van der Waals surface area contributed by atoms with Crippen LogP contribution in [0.3, 0.4) is 0 Å². The number of nitro benzene ring substituents is 1. The normalized spacial score (nSPS) is 10.2. The molecule has 1 amide bonds. The van der Waals surface area contributed by atoms with Crippen LogP contribution in [-0.2, 0) is 4.74 Å². The smallest absolute Gasteiger partial charge is 0.270 e. The Labute approximate surface area is 123 Å². The summed E-state index contributed by atoms with van der Waals surface area (Å²) in [6.07, 6.45) is 1.67. The first-order chi connectivity index (χ1) is 10.1. The van der Waals surface area contributed by atoms with Crippen LogP contribution in [0.25, 0.3) is 0 Å². The van der Waals surface area contributed by atoms with Crippen LogP contribution in [0.5, 0.6) is 0 Å². The van der Waals surface area contributed by atoms with Crippen molar-refractivity contribution < 1.29 is 14.5 Å². The zero-order valence-electron chi connectivity index (χ0n) is 12.3. The van der Waals surface area contributed by atoms with E-state index in [1.807, 2.05) is 6.92 Å². The molecule has 0 aromatic heterocycles. The maximum atomic E-state index is 12.1. The van der Waals surface area contributed by atoms with Crippen LogP contribution < -0.4 is 10.6 Å². The van der Waals surface area contributed by atoms with Gasteiger partial charge in [-0.05, 0) is 18.9 Å². The van der Waals surface area contributed by atoms with Crippen molar-refractivity contribution in [2.24, 2.45) is 0 Å². The number of non-ortho nitro benzene ring substituents is 1. The fourth-order valence-electron chi connectivity index (χ4n) is 1.77. The highest BCUT2D eigenvalue weighted by Gasteiger charge is 2.15. The molecule has 1 aromatic carbocycles. The number of anilines is 1. The van der Waals surface area contributed by atoms with Crippen molar-refractivity contribution in [3.8, 4) is 0 Å². The topological polar surface area (TPSA) is 93.5 Å². The molecule has 1 rings (SSSR count). The van der Waals surface area contributed by atoms with Crippen LogP contribution in [0.15, 0.2) is 18.2 Å². The van der Waals surface area contributed by atoms with Gasteiger partial charge in [-0.3, -0.25) is 14.9 Å². The molecule has 0 unspecified atom stereocenters. The molecule has 2 N–H and O–H groups in total. The van der Waals surface area contributed by atoms with Crippen molar-refractivity contribution in [1.29, 1.82) is 0 Å². The van der Waals surface area contributed by atoms with Crippen molar-refractivity contribution in [3.63, 3.8) is 0 Å². The lowest BCUT2D eigenvalue weighted by Gasteiger charge is -2.10. The first kappa shape index (κ1) is 16.9. The molecule has 21 heavy (non-hydrogen) atoms. The maximum Gasteiger partial charge on any atom is 0.270 e. The molecule has 7 nitrogen and oxygen atoms in total. The molecule has 7 heteroatoms. The van der Waals surface area contributed by atoms with Crippen LogP contribution in [0, 0.1) is 10.1 Å². The Morgan fingerprint density at radius 2 is 2.14 bits per heavy atom. The summed E-state index contributed by atoms with van der Waals surface area (Å²) < 4.78 is 5.31. The minimum absolute atomic E-state index is 0.106. The summed E-state index contributed by atoms with van der Waals surface area (Å²) in [5.74, 6) is -0.335. The lowest BCUT2D eigenvalue weighted by molar-refractivity contribution is -0.384. The quantitative estimate of drug-likeness (QED) is 0.414. The summed E-state index contributed by atoms with van der Waals surface area (Å²) >= 11 is 0. The van der Waals surface area contributed by atoms with Crippen molar-refractivity contribution in [3.05, 3.63) is 33.9 Å². The molecule has 116 valence electrons. The summed E-state index contributed by atoms with van der Waals surface area (Å²) in [6, 6.07) is 4.16. The summed E-state index contributed by atoms with van der Waals surface area (Å²) in [7, 11) is 1.66. The molecule has 0 spiro atoms. The summed E-state index contributed by atoms with van der Waals surface area (Å²) in [6.45, 7) is 3.79. The molecule has 1 aromatic rings. The van der Waals surface area contributed by atoms with E-state index >= 15 is 0 Å². The molecular weight excluding hydrogens is 274 g/mol. The molecule has 0 radical (unpaired) electrons. The number of carbonyl (C=O) groups is 1. The van der Waals surface area contributed by atoms with Gasteiger partial charge >= 0.3 is 0 Å². The van der Waals surface area contributed by atoms with Crippen molar-refractivity contribution in [1.82, 2.24) is 5.32 Å². The minimum Gasteiger partial charge on any atom is -0.387 e. The third-order valence-electron chi connectivity index (χ3n) is 2.83. The van der Waals surface area contributed by atoms with Crippen LogP contribution >= 0.6 is 0 Å². The number of ether oxygens (including phenoxy) is 1. The second-order valence-electron chi connectivity index (χ2n) is 4.46. The van der Waals surface area contributed by atoms with E-state index in [1.54, 1.807) is 7.05 Å². The Morgan fingerprint density at radius 3 is 2.76 bits per heavy atom. The van der Waals surface area contributed by atoms with Gasteiger partial charge in [0.15, 0.2) is 0 Å². The summed E-state index contributed by atoms with van der Waals surface area (Å²) in [5, 5.41) is 16.4. The lowest BCUT2D eigenvalue weighted by Crippen LogP contribution is -2.26. The Balaban J connectivity index is 2.59. The number of hydrogen-bond donors (Lipinski definition) is 2. The lowest BCUT2D eigenvalue weighted by atomic mass is 10.1. The van der Waals surface area contributed by atoms with Gasteiger partial charge in [0.25, 0.3) is 11.6 Å². The molecule has 0 saturated heterocycles. The van der Waals surface area contributed by atoms with Crippen molar-refractivity contribution >= 4 is 17.3 Å². The van der Waals surface area contributed by atoms with E-state index in [0.717, 1.165) is 6.42 Å². The Hall–Kier alpha value is -2.15. The Bertz CT molecular complexity index is 491. The minimum atomic E-state index is -0.519. The third kappa shape index (κ3) is 5.39. The van der Waals surface area contributed by atoms with Gasteiger partial charge in [-0.25, -0.2) is 0 Å². The van der Waals surface area contributed by atoms with Gasteiger partial charge in [0.1, 0.15) is 0 Å². The molecule has 0 heterocycles. The van der Waals surface area contributed by atoms with Gasteiger partial charge in [-0.2, -0.15) is 0 Å². The van der Waals surface area contributed by atoms with E-state index in [9.17, 15) is 14.9 Å². The van der Waals surface area contributed by atoms with Gasteiger partial charge in [-0.15, -0.1) is 0 Å². The third-order valence-corrected chi connectivity index (χ3v) is 2.83. The predicted octanol–water partition coefficient (Wildman–Crippen LogP) is 2.18. The molecule has 0 aliphatic heterocycles. The van der Waals surface area contributed by atoms with Crippen molar-refractivity contribution in [2.75, 3.05) is 32.1 Å². The monoisotopic (exact) mass is 295 g/mol. The van der Waals surface area contributed by atoms with Crippen LogP contribution in [0.2, 0.25) is 0 Å². The fourth-order valence-corrected chi connectivity index (χ4v) is 1.77. The highest BCUT2D eigenvalue weighted by molar-refractivity contribution is 6.00. The van der Waals surface area contributed by atoms with Gasteiger partial charge < -0.3 is 15.4 Å². The largest absolute Gasteiger partial charge is 0.387 e. The number of nitro groups is 1. The van der Waals surface area contributed by atoms with E-state index in [-0.39, 0.29) is 17.2 Å². The number of nitrogens with one attached hydrogen (secondary N) is 2. The van der Waals surface area contributed by atoms with Gasteiger partial charge in [0.2, 0.25) is 0 Å². The zero-order valence-corrected chi connectivity index (χ0v) is 12.3. The first-order valence-electron chi connectivity index (χ1n) is 6.92. The number of rotatable bonds is 9. The summed E-state index contributed by atoms with van der Waals surface area (Å²) in [5.41, 5.74) is 0.715. The number of benzene rings is 1. The SMILES string of the molecule is CCCOCCCNC(=O)c1cc([N+](=O)[O-])ccc1NC. The van der Waals surface area contributed by atoms with Gasteiger partial charge in [0, 0.05) is 44.6 Å². The van der Waals surface area contributed by atoms with E-state index in [0.29, 0.717) is 31.9 Å². The molecule has 0 saturated carbocycles. The Morgan fingerprint density at radius 1 is 1.38 bits per heavy atom. The molecule has 0 atom stereocenters. The maximum absolute atomic E-state index is 12.1. The number of nitrogens with zero attached hydrogens (tertiary/aromatic N) is 1. The highest BCUT2D eigenvalue weighted by Crippen LogP contribution is 2.21. The van der Waals surface area contributed by atoms with Gasteiger partial charge in [0.05, 0.1) is 10.5 Å². The highest BCUT2D eigenvalue weighted by atomic mass is 16.6. The number of carbonyl (C=O) groups excluding carboxylic acids is 1. The molecule has 0 aliphatic carbocycles. The second-order valence-corrected chi connectivity index (χ2v) is 4.46. The Kier molecular flexibility index (Phi) is 7.17. The van der Waals surface area contributed by atoms with Crippen LogP contribution in [0.1, 0.15) is 30.1 Å². The van der Waals surface area contributed by atoms with Crippen molar-refractivity contribution in [2.45, 2.75) is 19.8 Å². The summed E-state index contributed by atoms with van der Waals surface area (Å²) in [4.78, 5) is 22.3. The first-order valence-corrected chi connectivity index (χ1v) is 6.92. The van der Waals surface area contributed by atoms with Crippen LogP contribution in [0.4, 0.5) is 11.4 Å². The average molecular weight is 295 g/mol. The molecule has 0 fully saturated rings. The van der Waals surface area contributed by atoms with Crippen LogP contribution in [-0.4, -0.2) is 37.6 Å². The molecule has 0 bridgehead atoms. The fraction of sp³-hybridized carbons (Fsp3) is 0.500. The zero-order chi connectivity index (χ0) is 15.7. The van der Waals surface area contributed by atoms with E-state index in [1.165, 1.54) is 18.2 Å².